The Hall–Kier alpha value is -1.72. The van der Waals surface area contributed by atoms with Gasteiger partial charge in [-0.25, -0.2) is 0 Å². The number of hydrogen-bond acceptors (Lipinski definition) is 5. The van der Waals surface area contributed by atoms with Crippen LogP contribution in [-0.4, -0.2) is 19.2 Å². The summed E-state index contributed by atoms with van der Waals surface area (Å²) < 4.78 is 10.4. The summed E-state index contributed by atoms with van der Waals surface area (Å²) in [6.45, 7) is 0. The highest BCUT2D eigenvalue weighted by Crippen LogP contribution is 2.33. The molecule has 0 unspecified atom stereocenters. The highest BCUT2D eigenvalue weighted by molar-refractivity contribution is 5.93. The lowest BCUT2D eigenvalue weighted by Gasteiger charge is -2.10. The third-order valence-corrected chi connectivity index (χ3v) is 2.40. The minimum Gasteiger partial charge on any atom is -0.493 e. The first-order valence-electron chi connectivity index (χ1n) is 4.77. The number of methoxy groups -OCH3 is 2. The normalized spacial score (nSPS) is 9.59. The highest BCUT2D eigenvalue weighted by atomic mass is 35.5. The van der Waals surface area contributed by atoms with Crippen molar-refractivity contribution in [2.75, 3.05) is 19.6 Å². The molecule has 17 heavy (non-hydrogen) atoms. The Bertz CT molecular complexity index is 519. The van der Waals surface area contributed by atoms with Gasteiger partial charge < -0.3 is 14.9 Å². The summed E-state index contributed by atoms with van der Waals surface area (Å²) in [5.74, 6) is 6.73. The number of halogens is 1. The highest BCUT2D eigenvalue weighted by Gasteiger charge is 2.08. The minimum atomic E-state index is 0. The largest absolute Gasteiger partial charge is 0.493 e. The molecule has 5 nitrogen and oxygen atoms in total. The molecule has 0 aliphatic carbocycles. The van der Waals surface area contributed by atoms with Gasteiger partial charge in [0, 0.05) is 17.6 Å². The average Bonchev–Trinajstić information content (AvgIpc) is 2.36. The number of nitrogens with one attached hydrogen (secondary N) is 1. The first-order valence-corrected chi connectivity index (χ1v) is 4.77. The number of nitrogens with zero attached hydrogens (tertiary/aromatic N) is 1. The van der Waals surface area contributed by atoms with Crippen molar-refractivity contribution in [2.45, 2.75) is 0 Å². The van der Waals surface area contributed by atoms with Crippen LogP contribution in [0.2, 0.25) is 0 Å². The van der Waals surface area contributed by atoms with Crippen LogP contribution in [0.1, 0.15) is 0 Å². The van der Waals surface area contributed by atoms with Crippen LogP contribution < -0.4 is 20.7 Å². The summed E-state index contributed by atoms with van der Waals surface area (Å²) in [5, 5.41) is 0.891. The number of nitrogen functional groups attached to an aromatic ring is 1. The molecule has 0 aliphatic rings. The third-order valence-electron chi connectivity index (χ3n) is 2.40. The lowest BCUT2D eigenvalue weighted by atomic mass is 10.1. The molecule has 1 heterocycles. The summed E-state index contributed by atoms with van der Waals surface area (Å²) in [6.07, 6.45) is 1.68. The van der Waals surface area contributed by atoms with Crippen LogP contribution in [0, 0.1) is 0 Å². The third kappa shape index (κ3) is 2.35. The molecule has 6 heteroatoms. The molecule has 0 radical (unpaired) electrons. The average molecular weight is 256 g/mol. The fourth-order valence-corrected chi connectivity index (χ4v) is 1.60. The second-order valence-electron chi connectivity index (χ2n) is 3.23. The number of pyridine rings is 1. The lowest BCUT2D eigenvalue weighted by Crippen LogP contribution is -2.07. The maximum absolute atomic E-state index is 5.43. The van der Waals surface area contributed by atoms with Crippen molar-refractivity contribution >= 4 is 29.0 Å². The number of ether oxygens (including phenoxy) is 2. The molecule has 92 valence electrons. The van der Waals surface area contributed by atoms with Gasteiger partial charge >= 0.3 is 0 Å². The summed E-state index contributed by atoms with van der Waals surface area (Å²) >= 11 is 0. The van der Waals surface area contributed by atoms with Crippen molar-refractivity contribution in [1.29, 1.82) is 0 Å². The summed E-state index contributed by atoms with van der Waals surface area (Å²) in [7, 11) is 3.18. The first kappa shape index (κ1) is 13.3. The van der Waals surface area contributed by atoms with Crippen LogP contribution >= 0.6 is 12.4 Å². The number of fused-ring (bicyclic) bond motifs is 1. The van der Waals surface area contributed by atoms with Gasteiger partial charge in [0.2, 0.25) is 0 Å². The van der Waals surface area contributed by atoms with E-state index in [0.717, 1.165) is 16.6 Å². The Kier molecular flexibility index (Phi) is 4.37. The lowest BCUT2D eigenvalue weighted by molar-refractivity contribution is 0.356. The van der Waals surface area contributed by atoms with Crippen LogP contribution in [0.4, 0.5) is 5.69 Å². The second kappa shape index (κ2) is 5.56. The Morgan fingerprint density at radius 3 is 2.41 bits per heavy atom. The van der Waals surface area contributed by atoms with Gasteiger partial charge in [0.1, 0.15) is 0 Å². The van der Waals surface area contributed by atoms with Gasteiger partial charge in [0.15, 0.2) is 11.5 Å². The second-order valence-corrected chi connectivity index (χ2v) is 3.23. The zero-order valence-corrected chi connectivity index (χ0v) is 10.4. The predicted octanol–water partition coefficient (Wildman–Crippen LogP) is 1.96. The topological polar surface area (TPSA) is 69.4 Å². The van der Waals surface area contributed by atoms with Crippen molar-refractivity contribution in [3.63, 3.8) is 0 Å². The van der Waals surface area contributed by atoms with Crippen molar-refractivity contribution in [3.05, 3.63) is 24.4 Å². The number of anilines is 1. The molecule has 1 aromatic heterocycles. The quantitative estimate of drug-likeness (QED) is 0.648. The molecule has 2 rings (SSSR count). The number of hydrogen-bond donors (Lipinski definition) is 2. The maximum Gasteiger partial charge on any atom is 0.162 e. The molecule has 2 aromatic rings. The molecule has 0 saturated heterocycles. The fraction of sp³-hybridized carbons (Fsp3) is 0.182. The number of benzene rings is 1. The van der Waals surface area contributed by atoms with E-state index < -0.39 is 0 Å². The van der Waals surface area contributed by atoms with Crippen LogP contribution in [0.3, 0.4) is 0 Å². The van der Waals surface area contributed by atoms with Crippen molar-refractivity contribution in [3.8, 4) is 11.5 Å². The molecule has 3 N–H and O–H groups in total. The Morgan fingerprint density at radius 2 is 1.82 bits per heavy atom. The molecule has 1 aromatic carbocycles. The van der Waals surface area contributed by atoms with Gasteiger partial charge in [-0.2, -0.15) is 0 Å². The number of aromatic nitrogens is 1. The predicted molar refractivity (Wildman–Crippen MR) is 69.9 cm³/mol. The van der Waals surface area contributed by atoms with Gasteiger partial charge in [-0.05, 0) is 12.1 Å². The van der Waals surface area contributed by atoms with Crippen molar-refractivity contribution in [1.82, 2.24) is 4.98 Å². The van der Waals surface area contributed by atoms with E-state index in [4.69, 9.17) is 15.3 Å². The summed E-state index contributed by atoms with van der Waals surface area (Å²) in [5.41, 5.74) is 4.22. The Balaban J connectivity index is 0.00000144. The number of nitrogens with two attached hydrogens (primary N) is 1. The van der Waals surface area contributed by atoms with E-state index in [1.54, 1.807) is 26.5 Å². The van der Waals surface area contributed by atoms with E-state index >= 15 is 0 Å². The van der Waals surface area contributed by atoms with Crippen molar-refractivity contribution in [2.24, 2.45) is 5.84 Å². The standard InChI is InChI=1S/C11H13N3O2.ClH/c1-15-10-5-7-8(14-12)3-4-13-9(7)6-11(10)16-2;/h3-6H,12H2,1-2H3,(H,13,14);1H. The smallest absolute Gasteiger partial charge is 0.162 e. The molecular weight excluding hydrogens is 242 g/mol. The van der Waals surface area contributed by atoms with Gasteiger partial charge in [-0.1, -0.05) is 0 Å². The molecule has 0 fully saturated rings. The molecule has 0 spiro atoms. The molecule has 0 saturated carbocycles. The maximum atomic E-state index is 5.43. The molecular formula is C11H14ClN3O2. The van der Waals surface area contributed by atoms with Crippen LogP contribution in [0.25, 0.3) is 10.9 Å². The zero-order chi connectivity index (χ0) is 11.5. The summed E-state index contributed by atoms with van der Waals surface area (Å²) in [6, 6.07) is 5.46. The Morgan fingerprint density at radius 1 is 1.18 bits per heavy atom. The van der Waals surface area contributed by atoms with E-state index in [-0.39, 0.29) is 12.4 Å². The van der Waals surface area contributed by atoms with Gasteiger partial charge in [0.25, 0.3) is 0 Å². The summed E-state index contributed by atoms with van der Waals surface area (Å²) in [4.78, 5) is 4.24. The van der Waals surface area contributed by atoms with E-state index in [1.807, 2.05) is 12.1 Å². The monoisotopic (exact) mass is 255 g/mol. The van der Waals surface area contributed by atoms with Gasteiger partial charge in [-0.15, -0.1) is 12.4 Å². The molecule has 0 bridgehead atoms. The van der Waals surface area contributed by atoms with E-state index in [2.05, 4.69) is 10.4 Å². The van der Waals surface area contributed by atoms with Crippen LogP contribution in [0.15, 0.2) is 24.4 Å². The van der Waals surface area contributed by atoms with E-state index in [0.29, 0.717) is 11.5 Å². The zero-order valence-electron chi connectivity index (χ0n) is 9.56. The van der Waals surface area contributed by atoms with Gasteiger partial charge in [-0.3, -0.25) is 10.8 Å². The molecule has 0 amide bonds. The SMILES string of the molecule is COc1cc2nccc(NN)c2cc1OC.Cl. The van der Waals surface area contributed by atoms with Gasteiger partial charge in [0.05, 0.1) is 25.4 Å². The van der Waals surface area contributed by atoms with Crippen molar-refractivity contribution < 1.29 is 9.47 Å². The Labute approximate surface area is 105 Å². The number of rotatable bonds is 3. The van der Waals surface area contributed by atoms with E-state index in [9.17, 15) is 0 Å². The molecule has 0 aliphatic heterocycles. The first-order chi connectivity index (χ1) is 7.80. The van der Waals surface area contributed by atoms with Crippen LogP contribution in [0.5, 0.6) is 11.5 Å². The number of hydrazine groups is 1. The van der Waals surface area contributed by atoms with E-state index in [1.165, 1.54) is 0 Å². The fourth-order valence-electron chi connectivity index (χ4n) is 1.60. The molecule has 0 atom stereocenters. The van der Waals surface area contributed by atoms with Crippen LogP contribution in [-0.2, 0) is 0 Å². The minimum absolute atomic E-state index is 0.